The maximum atomic E-state index is 13.9. The predicted octanol–water partition coefficient (Wildman–Crippen LogP) is 6.01. The first-order valence-corrected chi connectivity index (χ1v) is 8.13. The highest BCUT2D eigenvalue weighted by Gasteiger charge is 2.29. The Morgan fingerprint density at radius 3 is 2.26 bits per heavy atom. The molecule has 0 spiro atoms. The van der Waals surface area contributed by atoms with Gasteiger partial charge in [-0.3, -0.25) is 4.98 Å². The van der Waals surface area contributed by atoms with Gasteiger partial charge in [-0.1, -0.05) is 12.1 Å². The molecule has 0 amide bonds. The number of fused-ring (bicyclic) bond motifs is 3. The second-order valence-corrected chi connectivity index (χ2v) is 6.39. The number of aromatic nitrogens is 2. The van der Waals surface area contributed by atoms with E-state index in [0.29, 0.717) is 27.4 Å². The van der Waals surface area contributed by atoms with Crippen LogP contribution >= 0.6 is 0 Å². The standard InChI is InChI=1S/C20H13F5N2/c1-11-16(21)6-13(7-17(11)22)12-2-3-14-15-9-26-5-4-18(15)27(19(14)8-12)10-20(23,24)25/h2-9H,10H2,1H3. The summed E-state index contributed by atoms with van der Waals surface area (Å²) in [5.41, 5.74) is 1.32. The molecule has 0 aliphatic heterocycles. The molecule has 4 rings (SSSR count). The molecule has 0 radical (unpaired) electrons. The van der Waals surface area contributed by atoms with Gasteiger partial charge < -0.3 is 4.57 Å². The Labute approximate surface area is 150 Å². The molecular weight excluding hydrogens is 363 g/mol. The van der Waals surface area contributed by atoms with Gasteiger partial charge in [-0.05, 0) is 42.3 Å². The molecule has 0 aliphatic rings. The number of rotatable bonds is 2. The Kier molecular flexibility index (Phi) is 3.91. The number of nitrogens with zero attached hydrogens (tertiary/aromatic N) is 2. The minimum atomic E-state index is -4.42. The number of halogens is 5. The summed E-state index contributed by atoms with van der Waals surface area (Å²) < 4.78 is 68.3. The highest BCUT2D eigenvalue weighted by molar-refractivity contribution is 6.08. The topological polar surface area (TPSA) is 17.8 Å². The fourth-order valence-corrected chi connectivity index (χ4v) is 3.28. The molecule has 0 aliphatic carbocycles. The molecule has 0 atom stereocenters. The van der Waals surface area contributed by atoms with Crippen molar-refractivity contribution in [3.63, 3.8) is 0 Å². The van der Waals surface area contributed by atoms with Gasteiger partial charge in [0, 0.05) is 28.7 Å². The molecule has 0 unspecified atom stereocenters. The van der Waals surface area contributed by atoms with Crippen LogP contribution in [0.1, 0.15) is 5.56 Å². The maximum absolute atomic E-state index is 13.9. The average Bonchev–Trinajstić information content (AvgIpc) is 2.91. The zero-order chi connectivity index (χ0) is 19.3. The summed E-state index contributed by atoms with van der Waals surface area (Å²) in [6, 6.07) is 8.68. The van der Waals surface area contributed by atoms with Crippen molar-refractivity contribution >= 4 is 21.8 Å². The molecule has 0 saturated carbocycles. The summed E-state index contributed by atoms with van der Waals surface area (Å²) in [7, 11) is 0. The predicted molar refractivity (Wildman–Crippen MR) is 93.4 cm³/mol. The molecule has 2 heterocycles. The van der Waals surface area contributed by atoms with Gasteiger partial charge in [0.05, 0.1) is 11.0 Å². The summed E-state index contributed by atoms with van der Waals surface area (Å²) in [5, 5.41) is 1.18. The van der Waals surface area contributed by atoms with Crippen LogP contribution in [0.3, 0.4) is 0 Å². The van der Waals surface area contributed by atoms with Gasteiger partial charge in [0.15, 0.2) is 0 Å². The van der Waals surface area contributed by atoms with Crippen LogP contribution in [0.25, 0.3) is 32.9 Å². The van der Waals surface area contributed by atoms with Crippen molar-refractivity contribution in [2.24, 2.45) is 0 Å². The third kappa shape index (κ3) is 3.03. The molecule has 0 fully saturated rings. The van der Waals surface area contributed by atoms with Crippen molar-refractivity contribution < 1.29 is 22.0 Å². The molecule has 0 bridgehead atoms. The maximum Gasteiger partial charge on any atom is 0.406 e. The van der Waals surface area contributed by atoms with E-state index in [2.05, 4.69) is 4.98 Å². The van der Waals surface area contributed by atoms with Gasteiger partial charge in [-0.15, -0.1) is 0 Å². The summed E-state index contributed by atoms with van der Waals surface area (Å²) in [6.07, 6.45) is -1.48. The molecule has 2 aromatic carbocycles. The van der Waals surface area contributed by atoms with Crippen LogP contribution in [0.15, 0.2) is 48.8 Å². The lowest BCUT2D eigenvalue weighted by atomic mass is 10.0. The van der Waals surface area contributed by atoms with Crippen LogP contribution in [0, 0.1) is 18.6 Å². The van der Waals surface area contributed by atoms with Crippen LogP contribution in [-0.4, -0.2) is 15.7 Å². The van der Waals surface area contributed by atoms with Crippen LogP contribution < -0.4 is 0 Å². The van der Waals surface area contributed by atoms with Crippen molar-refractivity contribution in [2.75, 3.05) is 0 Å². The van der Waals surface area contributed by atoms with E-state index in [0.717, 1.165) is 4.57 Å². The third-order valence-electron chi connectivity index (χ3n) is 4.62. The van der Waals surface area contributed by atoms with Gasteiger partial charge >= 0.3 is 6.18 Å². The van der Waals surface area contributed by atoms with E-state index in [9.17, 15) is 22.0 Å². The van der Waals surface area contributed by atoms with Crippen molar-refractivity contribution in [3.05, 3.63) is 66.0 Å². The molecule has 2 nitrogen and oxygen atoms in total. The Morgan fingerprint density at radius 2 is 1.59 bits per heavy atom. The quantitative estimate of drug-likeness (QED) is 0.392. The molecule has 27 heavy (non-hydrogen) atoms. The normalized spacial score (nSPS) is 12.2. The van der Waals surface area contributed by atoms with Crippen LogP contribution in [0.2, 0.25) is 0 Å². The zero-order valence-corrected chi connectivity index (χ0v) is 14.1. The third-order valence-corrected chi connectivity index (χ3v) is 4.62. The Morgan fingerprint density at radius 1 is 0.889 bits per heavy atom. The Hall–Kier alpha value is -2.96. The molecule has 7 heteroatoms. The van der Waals surface area contributed by atoms with Crippen LogP contribution in [0.5, 0.6) is 0 Å². The summed E-state index contributed by atoms with van der Waals surface area (Å²) in [4.78, 5) is 3.99. The van der Waals surface area contributed by atoms with E-state index in [4.69, 9.17) is 0 Å². The van der Waals surface area contributed by atoms with Crippen LogP contribution in [0.4, 0.5) is 22.0 Å². The lowest BCUT2D eigenvalue weighted by Gasteiger charge is -2.11. The average molecular weight is 376 g/mol. The van der Waals surface area contributed by atoms with Crippen molar-refractivity contribution in [3.8, 4) is 11.1 Å². The van der Waals surface area contributed by atoms with Gasteiger partial charge in [0.1, 0.15) is 18.2 Å². The van der Waals surface area contributed by atoms with Crippen molar-refractivity contribution in [1.82, 2.24) is 9.55 Å². The first-order valence-electron chi connectivity index (χ1n) is 8.13. The molecule has 2 aromatic heterocycles. The zero-order valence-electron chi connectivity index (χ0n) is 14.1. The monoisotopic (exact) mass is 376 g/mol. The second kappa shape index (κ2) is 6.04. The number of hydrogen-bond donors (Lipinski definition) is 0. The van der Waals surface area contributed by atoms with E-state index in [1.807, 2.05) is 0 Å². The first-order chi connectivity index (χ1) is 12.7. The van der Waals surface area contributed by atoms with E-state index in [1.165, 1.54) is 43.6 Å². The number of benzene rings is 2. The Balaban J connectivity index is 1.99. The minimum Gasteiger partial charge on any atom is -0.331 e. The smallest absolute Gasteiger partial charge is 0.331 e. The first kappa shape index (κ1) is 17.5. The van der Waals surface area contributed by atoms with E-state index in [-0.39, 0.29) is 11.1 Å². The summed E-state index contributed by atoms with van der Waals surface area (Å²) in [6.45, 7) is 0.156. The lowest BCUT2D eigenvalue weighted by molar-refractivity contribution is -0.139. The number of hydrogen-bond acceptors (Lipinski definition) is 1. The van der Waals surface area contributed by atoms with Gasteiger partial charge in [-0.25, -0.2) is 8.78 Å². The molecule has 138 valence electrons. The second-order valence-electron chi connectivity index (χ2n) is 6.39. The highest BCUT2D eigenvalue weighted by atomic mass is 19.4. The van der Waals surface area contributed by atoms with Gasteiger partial charge in [0.2, 0.25) is 0 Å². The van der Waals surface area contributed by atoms with E-state index in [1.54, 1.807) is 12.1 Å². The van der Waals surface area contributed by atoms with Gasteiger partial charge in [-0.2, -0.15) is 13.2 Å². The largest absolute Gasteiger partial charge is 0.406 e. The van der Waals surface area contributed by atoms with Gasteiger partial charge in [0.25, 0.3) is 0 Å². The fraction of sp³-hybridized carbons (Fsp3) is 0.150. The molecule has 4 aromatic rings. The van der Waals surface area contributed by atoms with Crippen LogP contribution in [-0.2, 0) is 6.54 Å². The number of alkyl halides is 3. The lowest BCUT2D eigenvalue weighted by Crippen LogP contribution is -2.17. The molecule has 0 N–H and O–H groups in total. The number of pyridine rings is 1. The summed E-state index contributed by atoms with van der Waals surface area (Å²) in [5.74, 6) is -1.41. The van der Waals surface area contributed by atoms with Crippen molar-refractivity contribution in [2.45, 2.75) is 19.6 Å². The SMILES string of the molecule is Cc1c(F)cc(-c2ccc3c4cnccc4n(CC(F)(F)F)c3c2)cc1F. The van der Waals surface area contributed by atoms with E-state index < -0.39 is 24.4 Å². The van der Waals surface area contributed by atoms with Crippen molar-refractivity contribution in [1.29, 1.82) is 0 Å². The fourth-order valence-electron chi connectivity index (χ4n) is 3.28. The molecule has 0 saturated heterocycles. The highest BCUT2D eigenvalue weighted by Crippen LogP contribution is 2.34. The summed E-state index contributed by atoms with van der Waals surface area (Å²) >= 11 is 0. The minimum absolute atomic E-state index is 0.0999. The Bertz CT molecular complexity index is 1150. The van der Waals surface area contributed by atoms with E-state index >= 15 is 0 Å². The molecular formula is C20H13F5N2.